The van der Waals surface area contributed by atoms with Gasteiger partial charge in [-0.15, -0.1) is 0 Å². The van der Waals surface area contributed by atoms with Crippen LogP contribution in [0.5, 0.6) is 0 Å². The number of carbonyl (C=O) groups is 5. The maximum Gasteiger partial charge on any atom is 0.313 e. The molecule has 12 aliphatic carbocycles. The molecular formula is C94H186O12. The van der Waals surface area contributed by atoms with E-state index >= 15 is 0 Å². The smallest absolute Gasteiger partial charge is 0.313 e. The average Bonchev–Trinajstić information content (AvgIpc) is 1.54. The van der Waals surface area contributed by atoms with Gasteiger partial charge in [-0.25, -0.2) is 0 Å². The van der Waals surface area contributed by atoms with Crippen LogP contribution in [-0.4, -0.2) is 71.4 Å². The summed E-state index contributed by atoms with van der Waals surface area (Å²) in [6.45, 7) is 46.2. The van der Waals surface area contributed by atoms with Gasteiger partial charge < -0.3 is 33.2 Å². The van der Waals surface area contributed by atoms with Gasteiger partial charge in [-0.3, -0.25) is 24.0 Å². The minimum absolute atomic E-state index is 0. The molecule has 12 fully saturated rings. The van der Waals surface area contributed by atoms with E-state index in [1.165, 1.54) is 148 Å². The van der Waals surface area contributed by atoms with E-state index in [-0.39, 0.29) is 143 Å². The predicted molar refractivity (Wildman–Crippen MR) is 452 cm³/mol. The minimum Gasteiger partial charge on any atom is -0.459 e. The van der Waals surface area contributed by atoms with Crippen molar-refractivity contribution in [2.45, 2.75) is 468 Å². The highest BCUT2D eigenvalue weighted by molar-refractivity contribution is 5.78. The Hall–Kier alpha value is -2.73. The molecule has 13 atom stereocenters. The second kappa shape index (κ2) is 44.1. The highest BCUT2D eigenvalue weighted by Gasteiger charge is 2.64. The van der Waals surface area contributed by atoms with Crippen molar-refractivity contribution in [3.05, 3.63) is 0 Å². The molecule has 0 aliphatic heterocycles. The normalized spacial score (nSPS) is 29.5. The Kier molecular flexibility index (Phi) is 45.6. The Morgan fingerprint density at radius 2 is 0.670 bits per heavy atom. The van der Waals surface area contributed by atoms with Gasteiger partial charge in [0.15, 0.2) is 12.6 Å². The Bertz CT molecular complexity index is 2510. The summed E-state index contributed by atoms with van der Waals surface area (Å²) in [6.07, 6.45) is 36.4. The van der Waals surface area contributed by atoms with Crippen LogP contribution >= 0.6 is 0 Å². The van der Waals surface area contributed by atoms with E-state index in [1.807, 2.05) is 111 Å². The number of carbonyl (C=O) groups excluding carboxylic acids is 5. The van der Waals surface area contributed by atoms with E-state index in [2.05, 4.69) is 48.5 Å². The fraction of sp³-hybridized carbons (Fsp3) is 0.947. The fourth-order valence-corrected chi connectivity index (χ4v) is 19.9. The molecule has 0 aromatic rings. The van der Waals surface area contributed by atoms with Crippen molar-refractivity contribution >= 4 is 29.8 Å². The van der Waals surface area contributed by atoms with Gasteiger partial charge in [0.1, 0.15) is 16.8 Å². The van der Waals surface area contributed by atoms with Crippen LogP contribution in [0, 0.1) is 109 Å². The Morgan fingerprint density at radius 3 is 1.02 bits per heavy atom. The average molecular weight is 1510 g/mol. The number of esters is 5. The lowest BCUT2D eigenvalue weighted by Gasteiger charge is -2.62. The van der Waals surface area contributed by atoms with Crippen molar-refractivity contribution in [2.75, 3.05) is 0 Å². The molecule has 0 N–H and O–H groups in total. The summed E-state index contributed by atoms with van der Waals surface area (Å²) in [5.74, 6) is 10.5. The molecule has 12 saturated carbocycles. The standard InChI is InChI=1S/C20H32O3.C20H34O2.C15H26O3.C15H28O2.C14H26O2.10CH4/c1-5-20(3,4)19(21)23-11(2)22-16-10-14-9-15(16)18-13-7-6-12(8-13)17(14)18;1-6-18(3,4)17(21)22-19(5,7-2)20-11-14-8-15(12-20)10-16(9-14)13-20;1-5-15(3,4)14(16)18-10(2)17-13-9-11-6-7-12(13)8-11;1-6-14(2,3)13(16)17-15(4,5)12-10-8-7-9-11-12;1-6-13(2,3)12(15)16-14(4,5)11-9-7-8-10-11;;;;;;;;;;/h11-18H,5-10H2,1-4H3;14-16H,6-13H2,1-5H3;10-13H,5-9H2,1-4H3;12H,6-11H2,1-5H3;11H,6-10H2,1-5H3;10*1H4. The third-order valence-corrected chi connectivity index (χ3v) is 28.6. The Morgan fingerprint density at radius 1 is 0.330 bits per heavy atom. The van der Waals surface area contributed by atoms with Crippen LogP contribution in [0.15, 0.2) is 0 Å². The maximum atomic E-state index is 12.7. The molecule has 634 valence electrons. The van der Waals surface area contributed by atoms with Gasteiger partial charge in [0.2, 0.25) is 0 Å². The van der Waals surface area contributed by atoms with Crippen molar-refractivity contribution in [3.63, 3.8) is 0 Å². The van der Waals surface area contributed by atoms with Gasteiger partial charge in [-0.2, -0.15) is 0 Å². The lowest BCUT2D eigenvalue weighted by atomic mass is 9.45. The summed E-state index contributed by atoms with van der Waals surface area (Å²) < 4.78 is 41.0. The first-order chi connectivity index (χ1) is 44.6. The van der Waals surface area contributed by atoms with Crippen molar-refractivity contribution in [3.8, 4) is 0 Å². The zero-order chi connectivity index (χ0) is 71.4. The first-order valence-electron chi connectivity index (χ1n) is 40.1. The summed E-state index contributed by atoms with van der Waals surface area (Å²) in [6, 6.07) is 0. The summed E-state index contributed by atoms with van der Waals surface area (Å²) in [4.78, 5) is 61.1. The summed E-state index contributed by atoms with van der Waals surface area (Å²) in [7, 11) is 0. The van der Waals surface area contributed by atoms with Crippen molar-refractivity contribution in [2.24, 2.45) is 109 Å². The molecule has 12 rings (SSSR count). The number of fused-ring (bicyclic) bond motifs is 11. The molecule has 0 radical (unpaired) electrons. The number of rotatable bonds is 23. The van der Waals surface area contributed by atoms with Gasteiger partial charge in [0.05, 0.1) is 39.3 Å². The molecule has 106 heavy (non-hydrogen) atoms. The minimum atomic E-state index is -0.415. The molecule has 12 aliphatic rings. The summed E-state index contributed by atoms with van der Waals surface area (Å²) >= 11 is 0. The van der Waals surface area contributed by atoms with E-state index in [0.29, 0.717) is 30.0 Å². The summed E-state index contributed by atoms with van der Waals surface area (Å²) in [5, 5.41) is 0. The quantitative estimate of drug-likeness (QED) is 0.0415. The first-order valence-corrected chi connectivity index (χ1v) is 40.1. The van der Waals surface area contributed by atoms with Gasteiger partial charge in [-0.05, 0) is 355 Å². The zero-order valence-electron chi connectivity index (χ0n) is 65.9. The molecule has 13 unspecified atom stereocenters. The lowest BCUT2D eigenvalue weighted by Crippen LogP contribution is -2.59. The molecule has 0 spiro atoms. The molecule has 0 heterocycles. The largest absolute Gasteiger partial charge is 0.459 e. The molecule has 0 aromatic carbocycles. The molecule has 10 bridgehead atoms. The molecule has 0 aromatic heterocycles. The van der Waals surface area contributed by atoms with Crippen molar-refractivity contribution < 1.29 is 57.1 Å². The van der Waals surface area contributed by atoms with Crippen LogP contribution in [0.25, 0.3) is 0 Å². The molecular weight excluding hydrogens is 1320 g/mol. The van der Waals surface area contributed by atoms with Gasteiger partial charge in [-0.1, -0.05) is 148 Å². The van der Waals surface area contributed by atoms with E-state index < -0.39 is 23.4 Å². The van der Waals surface area contributed by atoms with Crippen LogP contribution < -0.4 is 0 Å². The highest BCUT2D eigenvalue weighted by Crippen LogP contribution is 2.68. The van der Waals surface area contributed by atoms with Gasteiger partial charge in [0, 0.05) is 5.41 Å². The van der Waals surface area contributed by atoms with Crippen LogP contribution in [0.1, 0.15) is 426 Å². The zero-order valence-corrected chi connectivity index (χ0v) is 65.9. The van der Waals surface area contributed by atoms with E-state index in [4.69, 9.17) is 33.2 Å². The van der Waals surface area contributed by atoms with E-state index in [9.17, 15) is 24.0 Å². The lowest BCUT2D eigenvalue weighted by molar-refractivity contribution is -0.212. The highest BCUT2D eigenvalue weighted by atomic mass is 16.7. The molecule has 12 nitrogen and oxygen atoms in total. The Labute approximate surface area is 660 Å². The number of hydrogen-bond donors (Lipinski definition) is 0. The van der Waals surface area contributed by atoms with E-state index in [1.54, 1.807) is 0 Å². The molecule has 12 heteroatoms. The monoisotopic (exact) mass is 1510 g/mol. The Balaban J connectivity index is -0.000000604. The van der Waals surface area contributed by atoms with Crippen LogP contribution in [0.3, 0.4) is 0 Å². The fourth-order valence-electron chi connectivity index (χ4n) is 19.9. The van der Waals surface area contributed by atoms with Gasteiger partial charge >= 0.3 is 29.8 Å². The summed E-state index contributed by atoms with van der Waals surface area (Å²) in [5.41, 5.74) is -2.50. The van der Waals surface area contributed by atoms with Gasteiger partial charge in [0.25, 0.3) is 0 Å². The number of hydrogen-bond acceptors (Lipinski definition) is 12. The number of ether oxygens (including phenoxy) is 7. The topological polar surface area (TPSA) is 150 Å². The van der Waals surface area contributed by atoms with Crippen molar-refractivity contribution in [1.82, 2.24) is 0 Å². The second-order valence-corrected chi connectivity index (χ2v) is 38.0. The first kappa shape index (κ1) is 110. The van der Waals surface area contributed by atoms with Crippen LogP contribution in [0.4, 0.5) is 0 Å². The second-order valence-electron chi connectivity index (χ2n) is 38.0. The van der Waals surface area contributed by atoms with Crippen LogP contribution in [0.2, 0.25) is 0 Å². The molecule has 0 amide bonds. The van der Waals surface area contributed by atoms with Crippen molar-refractivity contribution in [1.29, 1.82) is 0 Å². The predicted octanol–water partition coefficient (Wildman–Crippen LogP) is 27.9. The SMILES string of the molecule is C.C.C.C.C.C.C.C.C.C.CCC(C)(C)C(=O)OC(C)(C)C1CCCC1.CCC(C)(C)C(=O)OC(C)(C)C1CCCCC1.CCC(C)(C)C(=O)OC(C)(CC)C12CC3CC(CC(C3)C1)C2.CCC(C)(C)C(=O)OC(C)OC1CC2CC1C1C3CCC(C3)C21.CCC(C)(C)C(=O)OC(C)OC1CC2CCC1C2. The van der Waals surface area contributed by atoms with E-state index in [0.717, 1.165) is 104 Å². The van der Waals surface area contributed by atoms with Crippen LogP contribution in [-0.2, 0) is 57.1 Å². The molecule has 0 saturated heterocycles. The third-order valence-electron chi connectivity index (χ3n) is 28.6. The third kappa shape index (κ3) is 26.2. The maximum absolute atomic E-state index is 12.7.